The molecule has 1 saturated carbocycles. The van der Waals surface area contributed by atoms with E-state index in [1.54, 1.807) is 43.2 Å². The summed E-state index contributed by atoms with van der Waals surface area (Å²) in [4.78, 5) is 29.6. The van der Waals surface area contributed by atoms with Gasteiger partial charge in [-0.3, -0.25) is 9.59 Å². The summed E-state index contributed by atoms with van der Waals surface area (Å²) >= 11 is 0. The Morgan fingerprint density at radius 2 is 1.47 bits per heavy atom. The number of nitrogens with zero attached hydrogens (tertiary/aromatic N) is 2. The first kappa shape index (κ1) is 25.4. The molecule has 0 aliphatic heterocycles. The molecule has 7 heteroatoms. The lowest BCUT2D eigenvalue weighted by Crippen LogP contribution is -2.41. The van der Waals surface area contributed by atoms with Crippen molar-refractivity contribution in [2.45, 2.75) is 32.2 Å². The van der Waals surface area contributed by atoms with Crippen molar-refractivity contribution < 1.29 is 22.8 Å². The number of hydrogen-bond donors (Lipinski definition) is 0. The van der Waals surface area contributed by atoms with E-state index in [2.05, 4.69) is 0 Å². The Kier molecular flexibility index (Phi) is 8.10. The van der Waals surface area contributed by atoms with Crippen molar-refractivity contribution in [3.05, 3.63) is 81.7 Å². The maximum absolute atomic E-state index is 13.7. The number of hydrogen-bond acceptors (Lipinski definition) is 3. The molecule has 1 aliphatic carbocycles. The van der Waals surface area contributed by atoms with Gasteiger partial charge in [0.25, 0.3) is 0 Å². The average Bonchev–Trinajstić information content (AvgIpc) is 2.79. The highest BCUT2D eigenvalue weighted by Gasteiger charge is 2.32. The van der Waals surface area contributed by atoms with E-state index in [1.165, 1.54) is 12.1 Å². The smallest absolute Gasteiger partial charge is 0.223 e. The average molecular weight is 471 g/mol. The fourth-order valence-electron chi connectivity index (χ4n) is 3.96. The molecule has 1 amide bonds. The molecule has 0 bridgehead atoms. The maximum atomic E-state index is 13.7. The second-order valence-corrected chi connectivity index (χ2v) is 8.97. The Bertz CT molecular complexity index is 1080. The molecule has 0 spiro atoms. The summed E-state index contributed by atoms with van der Waals surface area (Å²) in [5.41, 5.74) is 2.38. The van der Waals surface area contributed by atoms with E-state index >= 15 is 0 Å². The lowest BCUT2D eigenvalue weighted by molar-refractivity contribution is -0.132. The molecule has 0 radical (unpaired) electrons. The number of carbonyl (C=O) groups is 2. The van der Waals surface area contributed by atoms with Crippen LogP contribution in [0.5, 0.6) is 0 Å². The van der Waals surface area contributed by atoms with Gasteiger partial charge in [0.1, 0.15) is 5.82 Å². The molecule has 1 atom stereocenters. The lowest BCUT2D eigenvalue weighted by atomic mass is 9.83. The Balaban J connectivity index is 1.97. The molecule has 0 N–H and O–H groups in total. The van der Waals surface area contributed by atoms with Crippen molar-refractivity contribution >= 4 is 23.8 Å². The van der Waals surface area contributed by atoms with Crippen molar-refractivity contribution in [2.75, 3.05) is 27.7 Å². The van der Waals surface area contributed by atoms with E-state index in [9.17, 15) is 22.8 Å². The van der Waals surface area contributed by atoms with Crippen molar-refractivity contribution in [3.63, 3.8) is 0 Å². The van der Waals surface area contributed by atoms with Crippen LogP contribution in [0, 0.1) is 24.4 Å². The molecule has 0 saturated heterocycles. The Labute approximate surface area is 198 Å². The quantitative estimate of drug-likeness (QED) is 0.557. The van der Waals surface area contributed by atoms with Gasteiger partial charge in [-0.05, 0) is 87.0 Å². The van der Waals surface area contributed by atoms with Gasteiger partial charge in [0.2, 0.25) is 5.91 Å². The van der Waals surface area contributed by atoms with Gasteiger partial charge in [-0.2, -0.15) is 0 Å². The molecule has 0 aromatic heterocycles. The number of Topliss-reactive ketones (excluding diaryl/α,β-unsaturated/α-hetero) is 1. The summed E-state index contributed by atoms with van der Waals surface area (Å²) < 4.78 is 40.8. The predicted molar refractivity (Wildman–Crippen MR) is 127 cm³/mol. The fraction of sp³-hybridized carbons (Fsp3) is 0.333. The largest absolute Gasteiger partial charge is 0.342 e. The van der Waals surface area contributed by atoms with Crippen molar-refractivity contribution in [1.29, 1.82) is 0 Å². The minimum absolute atomic E-state index is 0.0443. The van der Waals surface area contributed by atoms with Crippen LogP contribution in [0.25, 0.3) is 12.2 Å². The van der Waals surface area contributed by atoms with Crippen LogP contribution in [0.3, 0.4) is 0 Å². The van der Waals surface area contributed by atoms with E-state index in [0.717, 1.165) is 12.1 Å². The molecule has 0 heterocycles. The third-order valence-electron chi connectivity index (χ3n) is 6.02. The SMILES string of the molecule is Cc1cc(/C=C2\CC(N(C)C(=O)CCN(C)C)C/C(=C\c3ccc(F)c(F)c3)C2=O)ccc1F. The predicted octanol–water partition coefficient (Wildman–Crippen LogP) is 5.02. The molecular formula is C27H29F3N2O2. The zero-order valence-corrected chi connectivity index (χ0v) is 19.9. The van der Waals surface area contributed by atoms with Crippen LogP contribution in [0.4, 0.5) is 13.2 Å². The Morgan fingerprint density at radius 1 is 0.912 bits per heavy atom. The van der Waals surface area contributed by atoms with Crippen molar-refractivity contribution in [1.82, 2.24) is 9.80 Å². The van der Waals surface area contributed by atoms with E-state index < -0.39 is 11.6 Å². The van der Waals surface area contributed by atoms with Gasteiger partial charge in [0, 0.05) is 37.2 Å². The van der Waals surface area contributed by atoms with Crippen LogP contribution in [0.1, 0.15) is 36.0 Å². The van der Waals surface area contributed by atoms with Crippen LogP contribution < -0.4 is 0 Å². The van der Waals surface area contributed by atoms with Gasteiger partial charge in [0.05, 0.1) is 0 Å². The summed E-state index contributed by atoms with van der Waals surface area (Å²) in [6.45, 7) is 2.25. The minimum Gasteiger partial charge on any atom is -0.342 e. The van der Waals surface area contributed by atoms with Crippen molar-refractivity contribution in [3.8, 4) is 0 Å². The molecule has 2 aromatic carbocycles. The van der Waals surface area contributed by atoms with E-state index in [-0.39, 0.29) is 23.5 Å². The van der Waals surface area contributed by atoms with Crippen LogP contribution in [-0.2, 0) is 9.59 Å². The number of rotatable bonds is 6. The van der Waals surface area contributed by atoms with Crippen molar-refractivity contribution in [2.24, 2.45) is 0 Å². The van der Waals surface area contributed by atoms with Gasteiger partial charge in [-0.1, -0.05) is 12.1 Å². The standard InChI is InChI=1S/C27H29F3N2O2/c1-17-11-18(5-7-23(17)28)12-20-15-22(32(4)26(33)9-10-31(2)3)16-21(27(20)34)13-19-6-8-24(29)25(30)14-19/h5-8,11-14,22H,9-10,15-16H2,1-4H3/b20-12+,21-13+. The van der Waals surface area contributed by atoms with E-state index in [0.29, 0.717) is 53.6 Å². The van der Waals surface area contributed by atoms with Gasteiger partial charge in [-0.25, -0.2) is 13.2 Å². The van der Waals surface area contributed by atoms with Crippen LogP contribution >= 0.6 is 0 Å². The minimum atomic E-state index is -0.998. The first-order valence-electron chi connectivity index (χ1n) is 11.1. The van der Waals surface area contributed by atoms with E-state index in [4.69, 9.17) is 0 Å². The number of carbonyl (C=O) groups excluding carboxylic acids is 2. The molecule has 180 valence electrons. The third-order valence-corrected chi connectivity index (χ3v) is 6.02. The number of aryl methyl sites for hydroxylation is 1. The zero-order chi connectivity index (χ0) is 25.0. The highest BCUT2D eigenvalue weighted by atomic mass is 19.2. The lowest BCUT2D eigenvalue weighted by Gasteiger charge is -2.33. The first-order valence-corrected chi connectivity index (χ1v) is 11.1. The summed E-state index contributed by atoms with van der Waals surface area (Å²) in [5, 5.41) is 0. The van der Waals surface area contributed by atoms with Crippen LogP contribution in [0.15, 0.2) is 47.5 Å². The molecule has 3 rings (SSSR count). The first-order chi connectivity index (χ1) is 16.0. The molecular weight excluding hydrogens is 441 g/mol. The molecule has 1 aliphatic rings. The number of benzene rings is 2. The molecule has 34 heavy (non-hydrogen) atoms. The van der Waals surface area contributed by atoms with Crippen LogP contribution in [-0.4, -0.2) is 55.2 Å². The Morgan fingerprint density at radius 3 is 2.00 bits per heavy atom. The highest BCUT2D eigenvalue weighted by molar-refractivity contribution is 6.14. The molecule has 2 aromatic rings. The molecule has 4 nitrogen and oxygen atoms in total. The monoisotopic (exact) mass is 470 g/mol. The molecule has 1 unspecified atom stereocenters. The van der Waals surface area contributed by atoms with E-state index in [1.807, 2.05) is 19.0 Å². The van der Waals surface area contributed by atoms with Gasteiger partial charge in [0.15, 0.2) is 17.4 Å². The Hall–Kier alpha value is -3.19. The normalized spacial score (nSPS) is 18.7. The summed E-state index contributed by atoms with van der Waals surface area (Å²) in [5.74, 6) is -2.56. The topological polar surface area (TPSA) is 40.6 Å². The summed E-state index contributed by atoms with van der Waals surface area (Å²) in [6.07, 6.45) is 4.22. The van der Waals surface area contributed by atoms with Crippen LogP contribution in [0.2, 0.25) is 0 Å². The highest BCUT2D eigenvalue weighted by Crippen LogP contribution is 2.31. The number of amides is 1. The number of ketones is 1. The fourth-order valence-corrected chi connectivity index (χ4v) is 3.96. The van der Waals surface area contributed by atoms with Gasteiger partial charge < -0.3 is 9.80 Å². The number of halogens is 3. The zero-order valence-electron chi connectivity index (χ0n) is 19.9. The van der Waals surface area contributed by atoms with Gasteiger partial charge >= 0.3 is 0 Å². The van der Waals surface area contributed by atoms with Gasteiger partial charge in [-0.15, -0.1) is 0 Å². The second-order valence-electron chi connectivity index (χ2n) is 8.97. The molecule has 1 fully saturated rings. The second kappa shape index (κ2) is 10.8. The summed E-state index contributed by atoms with van der Waals surface area (Å²) in [7, 11) is 5.49. The summed E-state index contributed by atoms with van der Waals surface area (Å²) in [6, 6.07) is 7.78. The maximum Gasteiger partial charge on any atom is 0.223 e. The third kappa shape index (κ3) is 6.23.